The van der Waals surface area contributed by atoms with E-state index in [0.29, 0.717) is 48.2 Å². The predicted molar refractivity (Wildman–Crippen MR) is 168 cm³/mol. The summed E-state index contributed by atoms with van der Waals surface area (Å²) < 4.78 is 49.5. The summed E-state index contributed by atoms with van der Waals surface area (Å²) in [5, 5.41) is 11.2. The maximum absolute atomic E-state index is 14.2. The molecule has 2 aromatic carbocycles. The van der Waals surface area contributed by atoms with Gasteiger partial charge in [0.15, 0.2) is 5.65 Å². The van der Waals surface area contributed by atoms with Gasteiger partial charge >= 0.3 is 12.3 Å². The molecule has 1 N–H and O–H groups in total. The van der Waals surface area contributed by atoms with E-state index in [2.05, 4.69) is 27.4 Å². The second-order valence-electron chi connectivity index (χ2n) is 11.9. The van der Waals surface area contributed by atoms with Gasteiger partial charge in [0.2, 0.25) is 5.82 Å². The molecule has 13 heteroatoms. The molecule has 1 aliphatic rings. The lowest BCUT2D eigenvalue weighted by Crippen LogP contribution is -2.49. The van der Waals surface area contributed by atoms with Crippen LogP contribution in [0.25, 0.3) is 5.65 Å². The molecule has 0 atom stereocenters. The number of ether oxygens (including phenoxy) is 1. The summed E-state index contributed by atoms with van der Waals surface area (Å²) in [5.74, 6) is 5.72. The zero-order valence-electron chi connectivity index (χ0n) is 25.7. The SMILES string of the molecule is Cc1ccc(C(=O)Nc2ccc(CN3CCN(C(=O)OC(C)(C)C)CC3)c(C(F)(F)F)c2)cc1C#Cc1nnc2ccc(Cl)cn12. The first-order valence-corrected chi connectivity index (χ1v) is 14.9. The predicted octanol–water partition coefficient (Wildman–Crippen LogP) is 6.41. The highest BCUT2D eigenvalue weighted by molar-refractivity contribution is 6.30. The summed E-state index contributed by atoms with van der Waals surface area (Å²) >= 11 is 6.08. The number of carbonyl (C=O) groups excluding carboxylic acids is 2. The smallest absolute Gasteiger partial charge is 0.416 e. The van der Waals surface area contributed by atoms with Gasteiger partial charge in [0.25, 0.3) is 5.91 Å². The van der Waals surface area contributed by atoms with Gasteiger partial charge in [-0.1, -0.05) is 29.7 Å². The molecule has 1 aliphatic heterocycles. The van der Waals surface area contributed by atoms with Crippen LogP contribution in [0.1, 0.15) is 59.2 Å². The maximum Gasteiger partial charge on any atom is 0.416 e. The minimum atomic E-state index is -4.64. The molecule has 0 aliphatic carbocycles. The van der Waals surface area contributed by atoms with E-state index in [-0.39, 0.29) is 23.4 Å². The number of aryl methyl sites for hydroxylation is 1. The first-order valence-electron chi connectivity index (χ1n) is 14.5. The van der Waals surface area contributed by atoms with E-state index >= 15 is 0 Å². The first kappa shape index (κ1) is 32.8. The van der Waals surface area contributed by atoms with Gasteiger partial charge in [0.05, 0.1) is 10.6 Å². The molecule has 2 amide bonds. The van der Waals surface area contributed by atoms with Crippen molar-refractivity contribution in [1.29, 1.82) is 0 Å². The standard InChI is InChI=1S/C33H32ClF3N6O3/c1-21-5-6-23(17-22(21)8-11-28-39-40-29-12-9-25(34)20-43(28)29)30(44)38-26-10-7-24(27(18-26)33(35,36)37)19-41-13-15-42(16-14-41)31(45)46-32(2,3)4/h5-7,9-10,12,17-18,20H,13-16,19H2,1-4H3,(H,38,44). The quantitative estimate of drug-likeness (QED) is 0.256. The lowest BCUT2D eigenvalue weighted by molar-refractivity contribution is -0.138. The summed E-state index contributed by atoms with van der Waals surface area (Å²) in [6, 6.07) is 12.0. The van der Waals surface area contributed by atoms with Crippen LogP contribution in [0, 0.1) is 18.8 Å². The summed E-state index contributed by atoms with van der Waals surface area (Å²) in [6.07, 6.45) is -3.44. The highest BCUT2D eigenvalue weighted by Gasteiger charge is 2.35. The van der Waals surface area contributed by atoms with Gasteiger partial charge in [-0.2, -0.15) is 13.2 Å². The average Bonchev–Trinajstić information content (AvgIpc) is 3.38. The molecule has 4 aromatic rings. The van der Waals surface area contributed by atoms with Crippen LogP contribution in [0.15, 0.2) is 54.7 Å². The van der Waals surface area contributed by atoms with Crippen LogP contribution >= 0.6 is 11.6 Å². The molecular formula is C33H32ClF3N6O3. The molecule has 0 radical (unpaired) electrons. The van der Waals surface area contributed by atoms with Gasteiger partial charge in [-0.3, -0.25) is 14.1 Å². The van der Waals surface area contributed by atoms with Crippen LogP contribution in [0.4, 0.5) is 23.7 Å². The second kappa shape index (κ2) is 13.0. The number of amides is 2. The largest absolute Gasteiger partial charge is 0.444 e. The third-order valence-corrected chi connectivity index (χ3v) is 7.49. The number of anilines is 1. The van der Waals surface area contributed by atoms with Crippen molar-refractivity contribution in [1.82, 2.24) is 24.4 Å². The number of carbonyl (C=O) groups is 2. The molecule has 0 saturated carbocycles. The maximum atomic E-state index is 14.2. The monoisotopic (exact) mass is 652 g/mol. The number of benzene rings is 2. The van der Waals surface area contributed by atoms with E-state index in [1.165, 1.54) is 12.1 Å². The molecule has 0 bridgehead atoms. The molecular weight excluding hydrogens is 621 g/mol. The molecule has 240 valence electrons. The zero-order chi connectivity index (χ0) is 33.2. The van der Waals surface area contributed by atoms with Gasteiger partial charge in [-0.05, 0) is 81.1 Å². The van der Waals surface area contributed by atoms with E-state index in [1.807, 2.05) is 11.8 Å². The lowest BCUT2D eigenvalue weighted by Gasteiger charge is -2.36. The minimum Gasteiger partial charge on any atom is -0.444 e. The Morgan fingerprint density at radius 3 is 2.41 bits per heavy atom. The molecule has 3 heterocycles. The first-order chi connectivity index (χ1) is 21.7. The van der Waals surface area contributed by atoms with Crippen LogP contribution < -0.4 is 5.32 Å². The fourth-order valence-corrected chi connectivity index (χ4v) is 5.05. The van der Waals surface area contributed by atoms with Gasteiger partial charge in [0, 0.05) is 55.7 Å². The van der Waals surface area contributed by atoms with Crippen molar-refractivity contribution >= 4 is 34.9 Å². The summed E-state index contributed by atoms with van der Waals surface area (Å²) in [5.41, 5.74) is 0.759. The fourth-order valence-electron chi connectivity index (χ4n) is 4.89. The number of nitrogens with zero attached hydrogens (tertiary/aromatic N) is 5. The van der Waals surface area contributed by atoms with Gasteiger partial charge in [-0.25, -0.2) is 4.79 Å². The molecule has 1 saturated heterocycles. The van der Waals surface area contributed by atoms with Gasteiger partial charge in [-0.15, -0.1) is 10.2 Å². The number of halogens is 4. The highest BCUT2D eigenvalue weighted by atomic mass is 35.5. The number of aromatic nitrogens is 3. The number of hydrogen-bond donors (Lipinski definition) is 1. The van der Waals surface area contributed by atoms with Crippen molar-refractivity contribution in [2.24, 2.45) is 0 Å². The highest BCUT2D eigenvalue weighted by Crippen LogP contribution is 2.35. The van der Waals surface area contributed by atoms with E-state index in [9.17, 15) is 22.8 Å². The van der Waals surface area contributed by atoms with Crippen LogP contribution in [-0.2, 0) is 17.5 Å². The number of fused-ring (bicyclic) bond motifs is 1. The van der Waals surface area contributed by atoms with Crippen LogP contribution in [0.2, 0.25) is 5.02 Å². The van der Waals surface area contributed by atoms with Crippen molar-refractivity contribution in [3.05, 3.63) is 93.4 Å². The molecule has 9 nitrogen and oxygen atoms in total. The number of nitrogens with one attached hydrogen (secondary N) is 1. The summed E-state index contributed by atoms with van der Waals surface area (Å²) in [7, 11) is 0. The average molecular weight is 653 g/mol. The minimum absolute atomic E-state index is 0.0100. The molecule has 46 heavy (non-hydrogen) atoms. The Morgan fingerprint density at radius 2 is 1.72 bits per heavy atom. The normalized spacial score (nSPS) is 14.1. The molecule has 5 rings (SSSR count). The van der Waals surface area contributed by atoms with E-state index in [0.717, 1.165) is 11.6 Å². The summed E-state index contributed by atoms with van der Waals surface area (Å²) in [6.45, 7) is 8.69. The Bertz CT molecular complexity index is 1850. The number of rotatable bonds is 4. The Morgan fingerprint density at radius 1 is 0.978 bits per heavy atom. The van der Waals surface area contributed by atoms with Crippen LogP contribution in [0.3, 0.4) is 0 Å². The Balaban J connectivity index is 1.28. The third-order valence-electron chi connectivity index (χ3n) is 7.27. The van der Waals surface area contributed by atoms with Crippen molar-refractivity contribution in [2.45, 2.75) is 46.0 Å². The molecule has 0 unspecified atom stereocenters. The van der Waals surface area contributed by atoms with Crippen molar-refractivity contribution < 1.29 is 27.5 Å². The molecule has 1 fully saturated rings. The number of alkyl halides is 3. The zero-order valence-corrected chi connectivity index (χ0v) is 26.5. The number of piperazine rings is 1. The fraction of sp³-hybridized carbons (Fsp3) is 0.333. The molecule has 0 spiro atoms. The van der Waals surface area contributed by atoms with Crippen molar-refractivity contribution in [3.8, 4) is 11.8 Å². The van der Waals surface area contributed by atoms with E-state index in [1.54, 1.807) is 66.6 Å². The third kappa shape index (κ3) is 7.97. The Kier molecular flexibility index (Phi) is 9.28. The Hall–Kier alpha value is -4.60. The number of hydrogen-bond acceptors (Lipinski definition) is 6. The Labute approximate surface area is 269 Å². The van der Waals surface area contributed by atoms with Crippen LogP contribution in [-0.4, -0.2) is 68.2 Å². The van der Waals surface area contributed by atoms with E-state index in [4.69, 9.17) is 16.3 Å². The van der Waals surface area contributed by atoms with Gasteiger partial charge < -0.3 is 15.0 Å². The van der Waals surface area contributed by atoms with Crippen LogP contribution in [0.5, 0.6) is 0 Å². The van der Waals surface area contributed by atoms with Gasteiger partial charge in [0.1, 0.15) is 5.60 Å². The summed E-state index contributed by atoms with van der Waals surface area (Å²) in [4.78, 5) is 28.9. The van der Waals surface area contributed by atoms with Crippen molar-refractivity contribution in [3.63, 3.8) is 0 Å². The second-order valence-corrected chi connectivity index (χ2v) is 12.4. The molecule has 2 aromatic heterocycles. The topological polar surface area (TPSA) is 92.1 Å². The van der Waals surface area contributed by atoms with Crippen molar-refractivity contribution in [2.75, 3.05) is 31.5 Å². The lowest BCUT2D eigenvalue weighted by atomic mass is 10.0. The number of pyridine rings is 1. The van der Waals surface area contributed by atoms with E-state index < -0.39 is 29.3 Å².